The number of aryl methyl sites for hydroxylation is 2. The van der Waals surface area contributed by atoms with Crippen molar-refractivity contribution in [3.05, 3.63) is 155 Å². The largest absolute Gasteiger partial charge is 0.340 e. The molecule has 0 amide bonds. The van der Waals surface area contributed by atoms with Crippen molar-refractivity contribution in [3.63, 3.8) is 0 Å². The molecule has 0 aliphatic rings. The Morgan fingerprint density at radius 1 is 0.265 bits per heavy atom. The first-order valence-corrected chi connectivity index (χ1v) is 36.4. The Labute approximate surface area is 563 Å². The topological polar surface area (TPSA) is 166 Å². The first-order chi connectivity index (χ1) is 47.6. The van der Waals surface area contributed by atoms with Crippen molar-refractivity contribution in [2.24, 2.45) is 0 Å². The van der Waals surface area contributed by atoms with Gasteiger partial charge in [-0.1, -0.05) is 132 Å². The molecule has 0 fully saturated rings. The number of hydrogen-bond donors (Lipinski definition) is 0. The van der Waals surface area contributed by atoms with Crippen molar-refractivity contribution >= 4 is 151 Å². The minimum Gasteiger partial charge on any atom is -0.340 e. The number of pyridine rings is 4. The van der Waals surface area contributed by atoms with E-state index in [4.69, 9.17) is 0 Å². The summed E-state index contributed by atoms with van der Waals surface area (Å²) in [6.45, 7) is 21.5. The summed E-state index contributed by atoms with van der Waals surface area (Å²) in [6.07, 6.45) is 12.4. The smallest absolute Gasteiger partial charge is 0.261 e. The van der Waals surface area contributed by atoms with Gasteiger partial charge in [0.05, 0.1) is 43.6 Å². The fourth-order valence-corrected chi connectivity index (χ4v) is 18.4. The highest BCUT2D eigenvalue weighted by Gasteiger charge is 2.34. The first-order valence-electron chi connectivity index (χ1n) is 36.4. The summed E-state index contributed by atoms with van der Waals surface area (Å²) in [5, 5.41) is 14.7. The van der Waals surface area contributed by atoms with Crippen LogP contribution in [0.3, 0.4) is 0 Å². The molecule has 16 rings (SSSR count). The van der Waals surface area contributed by atoms with Gasteiger partial charge < -0.3 is 9.13 Å². The quantitative estimate of drug-likeness (QED) is 0.0280. The second kappa shape index (κ2) is 23.4. The van der Waals surface area contributed by atoms with Crippen LogP contribution in [0.4, 0.5) is 0 Å². The third kappa shape index (κ3) is 8.23. The van der Waals surface area contributed by atoms with Gasteiger partial charge in [0.25, 0.3) is 44.5 Å². The number of unbranched alkanes of at least 4 members (excludes halogenated alkanes) is 6. The highest BCUT2D eigenvalue weighted by atomic mass is 16.2. The summed E-state index contributed by atoms with van der Waals surface area (Å²) < 4.78 is 10.3. The standard InChI is InChI=1S/C84H80N6O8/c1-11-21-23-27-35-85-59-39-55-65-51(77(91)87(81(55)95)45(13-3)14-4)33-31-49-63-43(37-53-67-57(83(97)89(79(53)93)47(17-7)18-8)41-61(85)73(75(63)67)71(59)69(49)65)29-25-26-30-44-38-54-68-58(84(98)90(80(54)94)48(19-9)20-10)42-62-74-72-60(86(62)36-28-24-22-12-2)40-56-66-52(34-32-50(70(66)72)64(44)76(68)74)78(92)88(82(56)96)46(15-5)16-6/h31-34,37-42,45-48H,11-24,27-28,35-36H2,1-10H3. The van der Waals surface area contributed by atoms with E-state index in [2.05, 4.69) is 46.7 Å². The lowest BCUT2D eigenvalue weighted by molar-refractivity contribution is 0.451. The number of aromatic nitrogens is 6. The molecule has 0 aliphatic carbocycles. The summed E-state index contributed by atoms with van der Waals surface area (Å²) in [5.74, 6) is 13.6. The highest BCUT2D eigenvalue weighted by molar-refractivity contribution is 6.48. The van der Waals surface area contributed by atoms with Crippen LogP contribution in [0.25, 0.3) is 151 Å². The van der Waals surface area contributed by atoms with E-state index in [1.807, 2.05) is 116 Å². The Kier molecular flexibility index (Phi) is 15.0. The van der Waals surface area contributed by atoms with Gasteiger partial charge in [-0.2, -0.15) is 0 Å². The summed E-state index contributed by atoms with van der Waals surface area (Å²) in [6, 6.07) is 17.7. The molecule has 10 aromatic carbocycles. The van der Waals surface area contributed by atoms with Crippen LogP contribution >= 0.6 is 0 Å². The second-order valence-electron chi connectivity index (χ2n) is 28.0. The van der Waals surface area contributed by atoms with Gasteiger partial charge in [-0.15, -0.1) is 0 Å². The van der Waals surface area contributed by atoms with E-state index in [1.54, 1.807) is 0 Å². The predicted octanol–water partition coefficient (Wildman–Crippen LogP) is 17.0. The van der Waals surface area contributed by atoms with E-state index in [1.165, 1.54) is 18.3 Å². The highest BCUT2D eigenvalue weighted by Crippen LogP contribution is 2.53. The van der Waals surface area contributed by atoms with Crippen LogP contribution in [0.5, 0.6) is 0 Å². The van der Waals surface area contributed by atoms with Crippen molar-refractivity contribution in [2.45, 2.75) is 209 Å². The average Bonchev–Trinajstić information content (AvgIpc) is 1.41. The number of hydrogen-bond acceptors (Lipinski definition) is 8. The van der Waals surface area contributed by atoms with E-state index < -0.39 is 11.1 Å². The van der Waals surface area contributed by atoms with Crippen molar-refractivity contribution in [1.29, 1.82) is 0 Å². The molecule has 6 heterocycles. The molecule has 0 unspecified atom stereocenters. The molecule has 0 atom stereocenters. The third-order valence-corrected chi connectivity index (χ3v) is 23.2. The average molecular weight is 1300 g/mol. The maximum atomic E-state index is 15.5. The molecule has 0 aliphatic heterocycles. The molecule has 14 heteroatoms. The number of rotatable bonds is 22. The Morgan fingerprint density at radius 2 is 0.520 bits per heavy atom. The maximum Gasteiger partial charge on any atom is 0.261 e. The lowest BCUT2D eigenvalue weighted by Gasteiger charge is -2.21. The molecule has 6 aromatic heterocycles. The zero-order chi connectivity index (χ0) is 68.3. The molecular formula is C84H80N6O8. The first kappa shape index (κ1) is 62.9. The van der Waals surface area contributed by atoms with Crippen LogP contribution in [-0.4, -0.2) is 27.4 Å². The van der Waals surface area contributed by atoms with Crippen molar-refractivity contribution in [1.82, 2.24) is 27.4 Å². The summed E-state index contributed by atoms with van der Waals surface area (Å²) >= 11 is 0. The molecule has 0 bridgehead atoms. The monoisotopic (exact) mass is 1300 g/mol. The van der Waals surface area contributed by atoms with E-state index in [0.717, 1.165) is 117 Å². The van der Waals surface area contributed by atoms with Crippen LogP contribution in [-0.2, 0) is 13.1 Å². The molecular weight excluding hydrogens is 1220 g/mol. The van der Waals surface area contributed by atoms with Gasteiger partial charge in [-0.3, -0.25) is 56.6 Å². The Bertz CT molecular complexity index is 6220. The van der Waals surface area contributed by atoms with Gasteiger partial charge in [-0.05, 0) is 135 Å². The summed E-state index contributed by atoms with van der Waals surface area (Å²) in [7, 11) is 0. The zero-order valence-electron chi connectivity index (χ0n) is 57.8. The van der Waals surface area contributed by atoms with Gasteiger partial charge in [0.1, 0.15) is 0 Å². The minimum absolute atomic E-state index is 0.312. The number of fused-ring (bicyclic) bond motifs is 2. The van der Waals surface area contributed by atoms with Crippen LogP contribution < -0.4 is 44.5 Å². The third-order valence-electron chi connectivity index (χ3n) is 23.2. The van der Waals surface area contributed by atoms with Crippen LogP contribution in [0.15, 0.2) is 99.0 Å². The van der Waals surface area contributed by atoms with Gasteiger partial charge in [-0.25, -0.2) is 0 Å². The molecule has 0 N–H and O–H groups in total. The van der Waals surface area contributed by atoms with E-state index in [-0.39, 0.29) is 57.5 Å². The van der Waals surface area contributed by atoms with Gasteiger partial charge >= 0.3 is 0 Å². The van der Waals surface area contributed by atoms with Crippen molar-refractivity contribution < 1.29 is 0 Å². The normalized spacial score (nSPS) is 12.8. The molecule has 494 valence electrons. The van der Waals surface area contributed by atoms with Gasteiger partial charge in [0.2, 0.25) is 0 Å². The molecule has 0 saturated carbocycles. The second-order valence-corrected chi connectivity index (χ2v) is 28.0. The fourth-order valence-electron chi connectivity index (χ4n) is 18.4. The SMILES string of the molecule is CCCCCCn1c2cc3c(=O)n(C(CC)CC)c(=O)c4ccc5c6c(C#CC#Cc7cc8c(=O)n(C(CC)CC)c(=O)c9cc%10c%11c(c7c7ccc%12c(=O)n(C(CC)CC)c(=O)c%13cc(c%11c7c%12%13)n%10CCCCCC)c89)cc7c(=O)n(C(CC)CC)c(=O)c8cc1c(c6c78)c2c5c43. The molecule has 0 radical (unpaired) electrons. The molecule has 98 heavy (non-hydrogen) atoms. The van der Waals surface area contributed by atoms with E-state index >= 15 is 28.8 Å². The Balaban J connectivity index is 1.05. The van der Waals surface area contributed by atoms with E-state index in [9.17, 15) is 9.59 Å². The van der Waals surface area contributed by atoms with Gasteiger partial charge in [0.15, 0.2) is 0 Å². The lowest BCUT2D eigenvalue weighted by atomic mass is 9.84. The Morgan fingerprint density at radius 3 is 0.806 bits per heavy atom. The molecule has 0 saturated heterocycles. The molecule has 0 spiro atoms. The molecule has 14 nitrogen and oxygen atoms in total. The van der Waals surface area contributed by atoms with E-state index in [0.29, 0.717) is 162 Å². The molecule has 16 aromatic rings. The van der Waals surface area contributed by atoms with Crippen LogP contribution in [0, 0.1) is 23.7 Å². The summed E-state index contributed by atoms with van der Waals surface area (Å²) in [4.78, 5) is 122. The minimum atomic E-state index is -0.406. The lowest BCUT2D eigenvalue weighted by Crippen LogP contribution is -2.36. The maximum absolute atomic E-state index is 15.5. The number of nitrogens with zero attached hydrogens (tertiary/aromatic N) is 6. The summed E-state index contributed by atoms with van der Waals surface area (Å²) in [5.41, 5.74) is 1.34. The predicted molar refractivity (Wildman–Crippen MR) is 406 cm³/mol. The Hall–Kier alpha value is -9.92. The van der Waals surface area contributed by atoms with Gasteiger partial charge in [0, 0.05) is 145 Å². The van der Waals surface area contributed by atoms with Crippen molar-refractivity contribution in [3.8, 4) is 23.7 Å². The van der Waals surface area contributed by atoms with Crippen molar-refractivity contribution in [2.75, 3.05) is 0 Å². The van der Waals surface area contributed by atoms with Crippen LogP contribution in [0.1, 0.15) is 207 Å². The number of benzene rings is 10. The zero-order valence-corrected chi connectivity index (χ0v) is 57.8. The van der Waals surface area contributed by atoms with Crippen LogP contribution in [0.2, 0.25) is 0 Å². The fraction of sp³-hybridized carbons (Fsp3) is 0.381.